The number of aromatic nitrogens is 3. The lowest BCUT2D eigenvalue weighted by molar-refractivity contribution is 0.252. The van der Waals surface area contributed by atoms with Crippen molar-refractivity contribution in [1.82, 2.24) is 25.2 Å². The van der Waals surface area contributed by atoms with E-state index < -0.39 is 0 Å². The van der Waals surface area contributed by atoms with Gasteiger partial charge in [0.25, 0.3) is 0 Å². The first-order chi connectivity index (χ1) is 17.5. The monoisotopic (exact) mass is 495 g/mol. The molecule has 10 nitrogen and oxygen atoms in total. The van der Waals surface area contributed by atoms with E-state index in [2.05, 4.69) is 49.6 Å². The first-order valence-corrected chi connectivity index (χ1v) is 12.4. The topological polar surface area (TPSA) is 114 Å². The lowest BCUT2D eigenvalue weighted by atomic mass is 10.0. The number of nitrogens with zero attached hydrogens (tertiary/aromatic N) is 4. The molecule has 0 saturated heterocycles. The molecule has 0 aliphatic heterocycles. The van der Waals surface area contributed by atoms with Gasteiger partial charge >= 0.3 is 6.03 Å². The molecule has 0 fully saturated rings. The number of hydrogen-bond donors (Lipinski definition) is 3. The van der Waals surface area contributed by atoms with Crippen molar-refractivity contribution >= 4 is 28.8 Å². The number of nitrogens with one attached hydrogen (secondary N) is 3. The maximum absolute atomic E-state index is 12.4. The summed E-state index contributed by atoms with van der Waals surface area (Å²) in [7, 11) is 3.19. The van der Waals surface area contributed by atoms with Crippen molar-refractivity contribution in [2.75, 3.05) is 57.6 Å². The molecule has 0 radical (unpaired) electrons. The van der Waals surface area contributed by atoms with Crippen LogP contribution in [0, 0.1) is 0 Å². The minimum absolute atomic E-state index is 0.346. The number of pyridine rings is 1. The molecule has 3 rings (SSSR count). The average Bonchev–Trinajstić information content (AvgIpc) is 2.90. The zero-order valence-electron chi connectivity index (χ0n) is 21.9. The lowest BCUT2D eigenvalue weighted by Gasteiger charge is -2.17. The predicted octanol–water partition coefficient (Wildman–Crippen LogP) is 4.38. The van der Waals surface area contributed by atoms with Crippen molar-refractivity contribution in [3.05, 3.63) is 30.5 Å². The highest BCUT2D eigenvalue weighted by Crippen LogP contribution is 2.35. The van der Waals surface area contributed by atoms with Crippen molar-refractivity contribution in [3.8, 4) is 22.6 Å². The van der Waals surface area contributed by atoms with Crippen LogP contribution in [-0.4, -0.2) is 72.8 Å². The van der Waals surface area contributed by atoms with Crippen molar-refractivity contribution < 1.29 is 14.3 Å². The van der Waals surface area contributed by atoms with Gasteiger partial charge in [-0.15, -0.1) is 0 Å². The molecule has 0 bridgehead atoms. The molecule has 2 aromatic heterocycles. The summed E-state index contributed by atoms with van der Waals surface area (Å²) >= 11 is 0. The van der Waals surface area contributed by atoms with Gasteiger partial charge in [0.2, 0.25) is 5.95 Å². The normalized spacial score (nSPS) is 10.9. The molecule has 0 atom stereocenters. The number of fused-ring (bicyclic) bond motifs is 1. The maximum atomic E-state index is 12.4. The molecule has 36 heavy (non-hydrogen) atoms. The fourth-order valence-electron chi connectivity index (χ4n) is 3.84. The Morgan fingerprint density at radius 1 is 0.972 bits per heavy atom. The molecule has 3 aromatic rings. The van der Waals surface area contributed by atoms with Crippen LogP contribution < -0.4 is 25.4 Å². The van der Waals surface area contributed by atoms with Gasteiger partial charge in [-0.2, -0.15) is 4.98 Å². The minimum Gasteiger partial charge on any atom is -0.497 e. The number of benzene rings is 1. The van der Waals surface area contributed by atoms with Gasteiger partial charge in [-0.25, -0.2) is 14.8 Å². The van der Waals surface area contributed by atoms with Gasteiger partial charge in [0.15, 0.2) is 5.65 Å². The molecular weight excluding hydrogens is 458 g/mol. The van der Waals surface area contributed by atoms with E-state index in [9.17, 15) is 4.79 Å². The molecule has 3 N–H and O–H groups in total. The Hall–Kier alpha value is -3.66. The third-order valence-electron chi connectivity index (χ3n) is 5.88. The van der Waals surface area contributed by atoms with E-state index in [0.29, 0.717) is 41.0 Å². The van der Waals surface area contributed by atoms with Gasteiger partial charge in [0, 0.05) is 36.3 Å². The smallest absolute Gasteiger partial charge is 0.320 e. The number of rotatable bonds is 13. The second-order valence-electron chi connectivity index (χ2n) is 8.24. The van der Waals surface area contributed by atoms with Crippen LogP contribution in [0.15, 0.2) is 30.5 Å². The SMILES string of the molecule is CCNC(=O)Nc1nc2nc(NCCCCN(CC)CC)ncc2cc1-c1cc(OC)cc(OC)c1. The molecule has 0 saturated carbocycles. The fourth-order valence-corrected chi connectivity index (χ4v) is 3.84. The summed E-state index contributed by atoms with van der Waals surface area (Å²) in [6.45, 7) is 10.7. The first-order valence-electron chi connectivity index (χ1n) is 12.4. The second kappa shape index (κ2) is 13.4. The van der Waals surface area contributed by atoms with Crippen molar-refractivity contribution in [3.63, 3.8) is 0 Å². The largest absolute Gasteiger partial charge is 0.497 e. The molecule has 10 heteroatoms. The Morgan fingerprint density at radius 2 is 1.69 bits per heavy atom. The molecule has 0 spiro atoms. The Balaban J connectivity index is 1.87. The third kappa shape index (κ3) is 7.17. The van der Waals surface area contributed by atoms with Gasteiger partial charge in [-0.1, -0.05) is 13.8 Å². The molecule has 2 amide bonds. The molecule has 2 heterocycles. The number of carbonyl (C=O) groups is 1. The van der Waals surface area contributed by atoms with Crippen LogP contribution in [-0.2, 0) is 0 Å². The first kappa shape index (κ1) is 26.9. The zero-order valence-corrected chi connectivity index (χ0v) is 21.9. The number of unbranched alkanes of at least 4 members (excludes halogenated alkanes) is 1. The van der Waals surface area contributed by atoms with Crippen molar-refractivity contribution in [2.24, 2.45) is 0 Å². The predicted molar refractivity (Wildman–Crippen MR) is 144 cm³/mol. The van der Waals surface area contributed by atoms with Crippen LogP contribution in [0.3, 0.4) is 0 Å². The zero-order chi connectivity index (χ0) is 25.9. The maximum Gasteiger partial charge on any atom is 0.320 e. The Kier molecular flexibility index (Phi) is 10.1. The highest BCUT2D eigenvalue weighted by molar-refractivity contribution is 5.96. The fraction of sp³-hybridized carbons (Fsp3) is 0.462. The number of methoxy groups -OCH3 is 2. The van der Waals surface area contributed by atoms with E-state index in [4.69, 9.17) is 9.47 Å². The summed E-state index contributed by atoms with van der Waals surface area (Å²) in [4.78, 5) is 28.5. The summed E-state index contributed by atoms with van der Waals surface area (Å²) in [5, 5.41) is 9.64. The summed E-state index contributed by atoms with van der Waals surface area (Å²) in [5.74, 6) is 2.15. The Bertz CT molecular complexity index is 1130. The summed E-state index contributed by atoms with van der Waals surface area (Å²) in [6, 6.07) is 7.08. The standard InChI is InChI=1S/C26H37N7O3/c1-6-27-26(34)32-24-22(18-13-20(35-4)16-21(14-18)36-5)15-19-17-29-25(31-23(19)30-24)28-11-9-10-12-33(7-2)8-3/h13-17H,6-12H2,1-5H3,(H3,27,28,29,30,31,32,34). The van der Waals surface area contributed by atoms with Gasteiger partial charge in [0.05, 0.1) is 14.2 Å². The number of urea groups is 1. The third-order valence-corrected chi connectivity index (χ3v) is 5.88. The number of amides is 2. The molecule has 194 valence electrons. The van der Waals surface area contributed by atoms with Gasteiger partial charge in [-0.05, 0) is 63.2 Å². The van der Waals surface area contributed by atoms with Gasteiger partial charge < -0.3 is 25.0 Å². The van der Waals surface area contributed by atoms with Crippen LogP contribution in [0.25, 0.3) is 22.2 Å². The van der Waals surface area contributed by atoms with E-state index in [1.165, 1.54) is 0 Å². The van der Waals surface area contributed by atoms with E-state index >= 15 is 0 Å². The Labute approximate surface area is 212 Å². The quantitative estimate of drug-likeness (QED) is 0.299. The highest BCUT2D eigenvalue weighted by Gasteiger charge is 2.15. The van der Waals surface area contributed by atoms with Crippen LogP contribution in [0.5, 0.6) is 11.5 Å². The number of carbonyl (C=O) groups excluding carboxylic acids is 1. The van der Waals surface area contributed by atoms with Crippen molar-refractivity contribution in [2.45, 2.75) is 33.6 Å². The van der Waals surface area contributed by atoms with Crippen LogP contribution >= 0.6 is 0 Å². The van der Waals surface area contributed by atoms with Gasteiger partial charge in [-0.3, -0.25) is 5.32 Å². The number of ether oxygens (including phenoxy) is 2. The van der Waals surface area contributed by atoms with E-state index in [-0.39, 0.29) is 6.03 Å². The van der Waals surface area contributed by atoms with Crippen LogP contribution in [0.4, 0.5) is 16.6 Å². The Morgan fingerprint density at radius 3 is 2.33 bits per heavy atom. The van der Waals surface area contributed by atoms with Crippen molar-refractivity contribution in [1.29, 1.82) is 0 Å². The van der Waals surface area contributed by atoms with E-state index in [1.807, 2.05) is 25.1 Å². The summed E-state index contributed by atoms with van der Waals surface area (Å²) < 4.78 is 10.9. The molecular formula is C26H37N7O3. The number of anilines is 2. The minimum atomic E-state index is -0.346. The molecule has 1 aromatic carbocycles. The highest BCUT2D eigenvalue weighted by atomic mass is 16.5. The van der Waals surface area contributed by atoms with Crippen LogP contribution in [0.1, 0.15) is 33.6 Å². The lowest BCUT2D eigenvalue weighted by Crippen LogP contribution is -2.28. The molecule has 0 unspecified atom stereocenters. The summed E-state index contributed by atoms with van der Waals surface area (Å²) in [6.07, 6.45) is 3.87. The average molecular weight is 496 g/mol. The number of hydrogen-bond acceptors (Lipinski definition) is 8. The van der Waals surface area contributed by atoms with Crippen LogP contribution in [0.2, 0.25) is 0 Å². The second-order valence-corrected chi connectivity index (χ2v) is 8.24. The molecule has 0 aliphatic rings. The molecule has 0 aliphatic carbocycles. The van der Waals surface area contributed by atoms with E-state index in [1.54, 1.807) is 26.5 Å². The summed E-state index contributed by atoms with van der Waals surface area (Å²) in [5.41, 5.74) is 1.97. The van der Waals surface area contributed by atoms with Gasteiger partial charge in [0.1, 0.15) is 17.3 Å². The van der Waals surface area contributed by atoms with E-state index in [0.717, 1.165) is 50.0 Å².